The fourth-order valence-electron chi connectivity index (χ4n) is 1.67. The molecule has 0 aromatic heterocycles. The maximum Gasteiger partial charge on any atom is 4.00 e. The van der Waals surface area contributed by atoms with E-state index in [1.165, 1.54) is 36.0 Å². The predicted molar refractivity (Wildman–Crippen MR) is 72.2 cm³/mol. The van der Waals surface area contributed by atoms with Gasteiger partial charge in [-0.1, -0.05) is 40.0 Å². The Labute approximate surface area is 149 Å². The summed E-state index contributed by atoms with van der Waals surface area (Å²) < 4.78 is 0. The van der Waals surface area contributed by atoms with Gasteiger partial charge in [-0.2, -0.15) is 34.9 Å². The van der Waals surface area contributed by atoms with Gasteiger partial charge in [0.1, 0.15) is 0 Å². The Morgan fingerprint density at radius 2 is 1.53 bits per heavy atom. The number of rotatable bonds is 3. The van der Waals surface area contributed by atoms with Crippen LogP contribution in [0.2, 0.25) is 0 Å². The minimum Gasteiger partial charge on any atom is -1.00 e. The molecule has 0 heterocycles. The second-order valence-corrected chi connectivity index (χ2v) is 4.30. The first-order valence-electron chi connectivity index (χ1n) is 6.13. The molecule has 0 aliphatic rings. The summed E-state index contributed by atoms with van der Waals surface area (Å²) in [4.78, 5) is 0. The number of halogens is 2. The number of hydrogen-bond donors (Lipinski definition) is 0. The van der Waals surface area contributed by atoms with E-state index in [0.29, 0.717) is 0 Å². The largest absolute Gasteiger partial charge is 4.00 e. The zero-order valence-corrected chi connectivity index (χ0v) is 15.9. The van der Waals surface area contributed by atoms with Gasteiger partial charge in [-0.15, -0.1) is 0 Å². The fraction of sp³-hybridized carbons (Fsp3) is 0.375. The van der Waals surface area contributed by atoms with Crippen molar-refractivity contribution in [1.29, 1.82) is 0 Å². The van der Waals surface area contributed by atoms with Gasteiger partial charge in [-0.3, -0.25) is 0 Å². The number of hydrogen-bond acceptors (Lipinski definition) is 0. The van der Waals surface area contributed by atoms with Gasteiger partial charge in [-0.05, 0) is 0 Å². The summed E-state index contributed by atoms with van der Waals surface area (Å²) in [7, 11) is 0. The third-order valence-corrected chi connectivity index (χ3v) is 2.78. The molecule has 0 saturated carbocycles. The third-order valence-electron chi connectivity index (χ3n) is 2.78. The molecule has 0 fully saturated rings. The van der Waals surface area contributed by atoms with Gasteiger partial charge < -0.3 is 24.8 Å². The fourth-order valence-corrected chi connectivity index (χ4v) is 1.67. The van der Waals surface area contributed by atoms with Gasteiger partial charge in [0.05, 0.1) is 0 Å². The molecule has 0 unspecified atom stereocenters. The first-order valence-corrected chi connectivity index (χ1v) is 6.13. The quantitative estimate of drug-likeness (QED) is 0.589. The van der Waals surface area contributed by atoms with Crippen LogP contribution in [0.4, 0.5) is 0 Å². The summed E-state index contributed by atoms with van der Waals surface area (Å²) in [6, 6.07) is 14.8. The Kier molecular flexibility index (Phi) is 18.6. The Bertz CT molecular complexity index is 377. The molecule has 0 spiro atoms. The molecule has 0 nitrogen and oxygen atoms in total. The van der Waals surface area contributed by atoms with Crippen LogP contribution in [0.3, 0.4) is 0 Å². The SMILES string of the molecule is CCCCc1ccc[c-]1C.C[c-]1cccc1.[Cl-].[Cl-].[Zr+4]. The van der Waals surface area contributed by atoms with Gasteiger partial charge in [0, 0.05) is 0 Å². The predicted octanol–water partition coefficient (Wildman–Crippen LogP) is -1.22. The molecule has 0 amide bonds. The summed E-state index contributed by atoms with van der Waals surface area (Å²) >= 11 is 0. The van der Waals surface area contributed by atoms with Crippen LogP contribution >= 0.6 is 0 Å². The minimum atomic E-state index is 0. The minimum absolute atomic E-state index is 0. The van der Waals surface area contributed by atoms with Gasteiger partial charge in [0.15, 0.2) is 0 Å². The zero-order valence-electron chi connectivity index (χ0n) is 11.9. The Hall–Kier alpha value is 0.163. The first-order chi connectivity index (χ1) is 7.74. The molecule has 0 bridgehead atoms. The molecule has 0 aliphatic carbocycles. The van der Waals surface area contributed by atoms with Crippen molar-refractivity contribution in [2.45, 2.75) is 40.0 Å². The van der Waals surface area contributed by atoms with Crippen molar-refractivity contribution in [3.63, 3.8) is 0 Å². The molecule has 0 N–H and O–H groups in total. The average molecular weight is 376 g/mol. The molecule has 0 aliphatic heterocycles. The van der Waals surface area contributed by atoms with Crippen molar-refractivity contribution < 1.29 is 51.0 Å². The van der Waals surface area contributed by atoms with Crippen molar-refractivity contribution in [1.82, 2.24) is 0 Å². The van der Waals surface area contributed by atoms with E-state index in [-0.39, 0.29) is 51.0 Å². The van der Waals surface area contributed by atoms with E-state index in [1.54, 1.807) is 0 Å². The second kappa shape index (κ2) is 14.6. The third kappa shape index (κ3) is 10.6. The van der Waals surface area contributed by atoms with Crippen LogP contribution in [0, 0.1) is 13.8 Å². The molecule has 2 aromatic rings. The van der Waals surface area contributed by atoms with Crippen molar-refractivity contribution in [3.8, 4) is 0 Å². The number of unbranched alkanes of at least 4 members (excludes halogenated alkanes) is 1. The maximum atomic E-state index is 2.23. The van der Waals surface area contributed by atoms with E-state index in [4.69, 9.17) is 0 Å². The van der Waals surface area contributed by atoms with Crippen LogP contribution in [0.1, 0.15) is 36.5 Å². The molecule has 0 atom stereocenters. The molecule has 2 aromatic carbocycles. The molecule has 0 radical (unpaired) electrons. The Balaban J connectivity index is -0.000000252. The van der Waals surface area contributed by atoms with E-state index in [1.807, 2.05) is 12.1 Å². The maximum absolute atomic E-state index is 2.23. The van der Waals surface area contributed by atoms with Gasteiger partial charge >= 0.3 is 26.2 Å². The van der Waals surface area contributed by atoms with E-state index in [2.05, 4.69) is 51.1 Å². The molecular formula is C16H22Cl2Zr. The van der Waals surface area contributed by atoms with Crippen LogP contribution in [0.25, 0.3) is 0 Å². The van der Waals surface area contributed by atoms with Gasteiger partial charge in [0.25, 0.3) is 0 Å². The monoisotopic (exact) mass is 374 g/mol. The van der Waals surface area contributed by atoms with Crippen LogP contribution in [0.5, 0.6) is 0 Å². The van der Waals surface area contributed by atoms with Gasteiger partial charge in [0.2, 0.25) is 0 Å². The topological polar surface area (TPSA) is 0 Å². The molecule has 0 saturated heterocycles. The van der Waals surface area contributed by atoms with E-state index >= 15 is 0 Å². The van der Waals surface area contributed by atoms with Crippen molar-refractivity contribution in [2.75, 3.05) is 0 Å². The van der Waals surface area contributed by atoms with Crippen LogP contribution < -0.4 is 24.8 Å². The summed E-state index contributed by atoms with van der Waals surface area (Å²) in [6.45, 7) is 6.50. The smallest absolute Gasteiger partial charge is 1.00 e. The molecular weight excluding hydrogens is 354 g/mol. The molecule has 3 heteroatoms. The first kappa shape index (κ1) is 24.2. The zero-order chi connectivity index (χ0) is 11.8. The second-order valence-electron chi connectivity index (χ2n) is 4.30. The van der Waals surface area contributed by atoms with Crippen molar-refractivity contribution in [3.05, 3.63) is 59.2 Å². The Morgan fingerprint density at radius 3 is 1.84 bits per heavy atom. The standard InChI is InChI=1S/C10H15.C6H7.2ClH.Zr/c1-3-4-7-10-8-5-6-9(10)2;1-6-4-2-3-5-6;;;/h5-6,8H,3-4,7H2,1-2H3;2-5H,1H3;2*1H;/q2*-1;;;+4/p-2. The summed E-state index contributed by atoms with van der Waals surface area (Å²) in [6.07, 6.45) is 3.88. The van der Waals surface area contributed by atoms with Crippen LogP contribution in [-0.4, -0.2) is 0 Å². The van der Waals surface area contributed by atoms with Crippen LogP contribution in [-0.2, 0) is 32.6 Å². The van der Waals surface area contributed by atoms with E-state index < -0.39 is 0 Å². The van der Waals surface area contributed by atoms with Crippen LogP contribution in [0.15, 0.2) is 42.5 Å². The summed E-state index contributed by atoms with van der Waals surface area (Å²) in [5.74, 6) is 0. The molecule has 19 heavy (non-hydrogen) atoms. The van der Waals surface area contributed by atoms with Crippen molar-refractivity contribution in [2.24, 2.45) is 0 Å². The number of aryl methyl sites for hydroxylation is 3. The van der Waals surface area contributed by atoms with E-state index in [9.17, 15) is 0 Å². The van der Waals surface area contributed by atoms with Gasteiger partial charge in [-0.25, -0.2) is 24.3 Å². The van der Waals surface area contributed by atoms with Crippen molar-refractivity contribution >= 4 is 0 Å². The Morgan fingerprint density at radius 1 is 0.947 bits per heavy atom. The average Bonchev–Trinajstić information content (AvgIpc) is 2.88. The normalized spacial score (nSPS) is 8.16. The summed E-state index contributed by atoms with van der Waals surface area (Å²) in [5, 5.41) is 0. The molecule has 2 rings (SSSR count). The molecule has 104 valence electrons. The van der Waals surface area contributed by atoms with E-state index in [0.717, 1.165) is 0 Å². The summed E-state index contributed by atoms with van der Waals surface area (Å²) in [5.41, 5.74) is 4.32.